The number of benzene rings is 2. The van der Waals surface area contributed by atoms with Gasteiger partial charge in [0.15, 0.2) is 0 Å². The molecule has 138 valence electrons. The van der Waals surface area contributed by atoms with E-state index < -0.39 is 5.54 Å². The van der Waals surface area contributed by atoms with Crippen LogP contribution in [0.1, 0.15) is 35.2 Å². The maximum Gasteiger partial charge on any atom is 0.254 e. The third kappa shape index (κ3) is 3.43. The molecule has 0 saturated heterocycles. The fourth-order valence-electron chi connectivity index (χ4n) is 3.75. The van der Waals surface area contributed by atoms with E-state index in [1.54, 1.807) is 11.9 Å². The van der Waals surface area contributed by atoms with Crippen LogP contribution in [0.3, 0.4) is 0 Å². The lowest BCUT2D eigenvalue weighted by atomic mass is 9.80. The molecule has 1 atom stereocenters. The zero-order valence-electron chi connectivity index (χ0n) is 15.6. The molecule has 0 aliphatic carbocycles. The van der Waals surface area contributed by atoms with E-state index in [1.807, 2.05) is 60.7 Å². The molecule has 0 fully saturated rings. The quantitative estimate of drug-likeness (QED) is 0.583. The number of para-hydroxylation sites is 1. The van der Waals surface area contributed by atoms with Crippen molar-refractivity contribution in [1.29, 1.82) is 0 Å². The Morgan fingerprint density at radius 2 is 1.81 bits per heavy atom. The molecule has 1 heterocycles. The second kappa shape index (κ2) is 7.62. The van der Waals surface area contributed by atoms with Crippen LogP contribution < -0.4 is 5.32 Å². The maximum atomic E-state index is 12.8. The molecule has 2 aromatic carbocycles. The first-order chi connectivity index (χ1) is 13.0. The van der Waals surface area contributed by atoms with Crippen molar-refractivity contribution < 1.29 is 9.59 Å². The lowest BCUT2D eigenvalue weighted by molar-refractivity contribution is -0.113. The standard InChI is InChI=1S/C23H24N2O2/c1-4-5-15-23(20-14-10-9-13-19(20)22(27)25(23)3)16-17(2)21(26)24-18-11-7-6-8-12-18/h4,6-14H,1-2,5,15-16H2,3H3,(H,24,26). The summed E-state index contributed by atoms with van der Waals surface area (Å²) in [5, 5.41) is 2.88. The highest BCUT2D eigenvalue weighted by molar-refractivity contribution is 6.04. The molecule has 0 spiro atoms. The number of amides is 2. The molecule has 0 radical (unpaired) electrons. The number of fused-ring (bicyclic) bond motifs is 1. The van der Waals surface area contributed by atoms with E-state index in [1.165, 1.54) is 0 Å². The summed E-state index contributed by atoms with van der Waals surface area (Å²) in [5.74, 6) is -0.254. The molecular formula is C23H24N2O2. The van der Waals surface area contributed by atoms with Crippen molar-refractivity contribution in [2.45, 2.75) is 24.8 Å². The van der Waals surface area contributed by atoms with E-state index in [-0.39, 0.29) is 11.8 Å². The van der Waals surface area contributed by atoms with Crippen LogP contribution in [0.15, 0.2) is 79.4 Å². The van der Waals surface area contributed by atoms with Gasteiger partial charge in [-0.2, -0.15) is 0 Å². The Balaban J connectivity index is 1.90. The van der Waals surface area contributed by atoms with Gasteiger partial charge in [-0.25, -0.2) is 0 Å². The fourth-order valence-corrected chi connectivity index (χ4v) is 3.75. The van der Waals surface area contributed by atoms with Crippen molar-refractivity contribution in [3.8, 4) is 0 Å². The van der Waals surface area contributed by atoms with Gasteiger partial charge in [0.1, 0.15) is 0 Å². The van der Waals surface area contributed by atoms with Gasteiger partial charge >= 0.3 is 0 Å². The van der Waals surface area contributed by atoms with Crippen molar-refractivity contribution in [2.24, 2.45) is 0 Å². The Hall–Kier alpha value is -3.14. The highest BCUT2D eigenvalue weighted by atomic mass is 16.2. The first-order valence-corrected chi connectivity index (χ1v) is 9.02. The topological polar surface area (TPSA) is 49.4 Å². The van der Waals surface area contributed by atoms with E-state index >= 15 is 0 Å². The van der Waals surface area contributed by atoms with Gasteiger partial charge in [0.2, 0.25) is 0 Å². The van der Waals surface area contributed by atoms with Crippen LogP contribution in [0.4, 0.5) is 5.69 Å². The van der Waals surface area contributed by atoms with Crippen molar-refractivity contribution >= 4 is 17.5 Å². The number of rotatable bonds is 7. The highest BCUT2D eigenvalue weighted by Gasteiger charge is 2.47. The van der Waals surface area contributed by atoms with Gasteiger partial charge in [-0.3, -0.25) is 9.59 Å². The number of carbonyl (C=O) groups excluding carboxylic acids is 2. The average Bonchev–Trinajstić information content (AvgIpc) is 2.90. The van der Waals surface area contributed by atoms with E-state index in [2.05, 4.69) is 18.5 Å². The predicted molar refractivity (Wildman–Crippen MR) is 108 cm³/mol. The lowest BCUT2D eigenvalue weighted by Crippen LogP contribution is -2.42. The summed E-state index contributed by atoms with van der Waals surface area (Å²) in [6, 6.07) is 16.9. The van der Waals surface area contributed by atoms with Gasteiger partial charge in [-0.05, 0) is 36.6 Å². The van der Waals surface area contributed by atoms with Crippen LogP contribution >= 0.6 is 0 Å². The molecule has 2 amide bonds. The van der Waals surface area contributed by atoms with Gasteiger partial charge in [0.05, 0.1) is 5.54 Å². The molecule has 3 rings (SSSR count). The highest BCUT2D eigenvalue weighted by Crippen LogP contribution is 2.45. The van der Waals surface area contributed by atoms with Crippen LogP contribution in [0.5, 0.6) is 0 Å². The Kier molecular flexibility index (Phi) is 5.26. The Labute approximate surface area is 160 Å². The number of hydrogen-bond acceptors (Lipinski definition) is 2. The largest absolute Gasteiger partial charge is 0.332 e. The van der Waals surface area contributed by atoms with E-state index in [4.69, 9.17) is 0 Å². The smallest absolute Gasteiger partial charge is 0.254 e. The number of nitrogens with one attached hydrogen (secondary N) is 1. The first kappa shape index (κ1) is 18.6. The summed E-state index contributed by atoms with van der Waals surface area (Å²) >= 11 is 0. The zero-order chi connectivity index (χ0) is 19.4. The van der Waals surface area contributed by atoms with Crippen LogP contribution in [-0.2, 0) is 10.3 Å². The first-order valence-electron chi connectivity index (χ1n) is 9.02. The van der Waals surface area contributed by atoms with Gasteiger partial charge in [-0.15, -0.1) is 6.58 Å². The number of hydrogen-bond donors (Lipinski definition) is 1. The zero-order valence-corrected chi connectivity index (χ0v) is 15.6. The SMILES string of the molecule is C=CCCC1(CC(=C)C(=O)Nc2ccccc2)c2ccccc2C(=O)N1C. The summed E-state index contributed by atoms with van der Waals surface area (Å²) in [7, 11) is 1.80. The molecule has 1 unspecified atom stereocenters. The monoisotopic (exact) mass is 360 g/mol. The molecule has 0 saturated carbocycles. The molecule has 1 N–H and O–H groups in total. The summed E-state index contributed by atoms with van der Waals surface area (Å²) in [4.78, 5) is 27.2. The number of allylic oxidation sites excluding steroid dienone is 1. The van der Waals surface area contributed by atoms with Crippen LogP contribution in [0.2, 0.25) is 0 Å². The van der Waals surface area contributed by atoms with Gasteiger partial charge in [-0.1, -0.05) is 49.1 Å². The minimum absolute atomic E-state index is 0.0223. The molecule has 4 heteroatoms. The Morgan fingerprint density at radius 1 is 1.15 bits per heavy atom. The van der Waals surface area contributed by atoms with Crippen molar-refractivity contribution in [3.05, 3.63) is 90.5 Å². The number of nitrogens with zero attached hydrogens (tertiary/aromatic N) is 1. The summed E-state index contributed by atoms with van der Waals surface area (Å²) < 4.78 is 0. The van der Waals surface area contributed by atoms with Crippen LogP contribution in [0.25, 0.3) is 0 Å². The molecular weight excluding hydrogens is 336 g/mol. The van der Waals surface area contributed by atoms with Crippen molar-refractivity contribution in [3.63, 3.8) is 0 Å². The Bertz CT molecular complexity index is 888. The number of carbonyl (C=O) groups is 2. The molecule has 1 aliphatic rings. The second-order valence-corrected chi connectivity index (χ2v) is 6.87. The minimum atomic E-state index is -0.590. The average molecular weight is 360 g/mol. The molecule has 4 nitrogen and oxygen atoms in total. The van der Waals surface area contributed by atoms with Gasteiger partial charge < -0.3 is 10.2 Å². The minimum Gasteiger partial charge on any atom is -0.332 e. The maximum absolute atomic E-state index is 12.8. The van der Waals surface area contributed by atoms with E-state index in [0.29, 0.717) is 24.0 Å². The van der Waals surface area contributed by atoms with Gasteiger partial charge in [0.25, 0.3) is 11.8 Å². The lowest BCUT2D eigenvalue weighted by Gasteiger charge is -2.37. The molecule has 1 aliphatic heterocycles. The number of anilines is 1. The van der Waals surface area contributed by atoms with Crippen LogP contribution in [0, 0.1) is 0 Å². The van der Waals surface area contributed by atoms with Gasteiger partial charge in [0, 0.05) is 30.3 Å². The molecule has 2 aromatic rings. The normalized spacial score (nSPS) is 18.1. The molecule has 27 heavy (non-hydrogen) atoms. The van der Waals surface area contributed by atoms with E-state index in [0.717, 1.165) is 17.7 Å². The summed E-state index contributed by atoms with van der Waals surface area (Å²) in [6.45, 7) is 7.84. The third-order valence-electron chi connectivity index (χ3n) is 5.23. The van der Waals surface area contributed by atoms with E-state index in [9.17, 15) is 9.59 Å². The van der Waals surface area contributed by atoms with Crippen LogP contribution in [-0.4, -0.2) is 23.8 Å². The molecule has 0 bridgehead atoms. The Morgan fingerprint density at radius 3 is 2.52 bits per heavy atom. The third-order valence-corrected chi connectivity index (χ3v) is 5.23. The molecule has 0 aromatic heterocycles. The second-order valence-electron chi connectivity index (χ2n) is 6.87. The van der Waals surface area contributed by atoms with Crippen molar-refractivity contribution in [2.75, 3.05) is 12.4 Å². The van der Waals surface area contributed by atoms with Crippen molar-refractivity contribution in [1.82, 2.24) is 4.90 Å². The fraction of sp³-hybridized carbons (Fsp3) is 0.217. The summed E-state index contributed by atoms with van der Waals surface area (Å²) in [5.41, 5.74) is 2.22. The predicted octanol–water partition coefficient (Wildman–Crippen LogP) is 4.52. The summed E-state index contributed by atoms with van der Waals surface area (Å²) in [6.07, 6.45) is 3.64.